The maximum absolute atomic E-state index is 13.4. The molecule has 3 aliphatic heterocycles. The summed E-state index contributed by atoms with van der Waals surface area (Å²) in [6, 6.07) is 7.38. The summed E-state index contributed by atoms with van der Waals surface area (Å²) in [6.45, 7) is 3.78. The van der Waals surface area contributed by atoms with Crippen LogP contribution in [-0.4, -0.2) is 97.3 Å². The lowest BCUT2D eigenvalue weighted by Crippen LogP contribution is -2.54. The summed E-state index contributed by atoms with van der Waals surface area (Å²) < 4.78 is 10.7. The van der Waals surface area contributed by atoms with Crippen molar-refractivity contribution in [3.8, 4) is 5.75 Å². The van der Waals surface area contributed by atoms with Gasteiger partial charge in [-0.25, -0.2) is 0 Å². The molecule has 3 atom stereocenters. The van der Waals surface area contributed by atoms with Gasteiger partial charge in [0.15, 0.2) is 0 Å². The van der Waals surface area contributed by atoms with Crippen molar-refractivity contribution in [2.75, 3.05) is 59.7 Å². The van der Waals surface area contributed by atoms with Crippen molar-refractivity contribution in [1.29, 1.82) is 0 Å². The smallest absolute Gasteiger partial charge is 0.237 e. The number of nitrogens with zero attached hydrogens (tertiary/aromatic N) is 3. The highest BCUT2D eigenvalue weighted by Gasteiger charge is 2.50. The third-order valence-corrected chi connectivity index (χ3v) is 6.23. The Bertz CT molecular complexity index is 734. The number of morpholine rings is 1. The van der Waals surface area contributed by atoms with Crippen LogP contribution < -0.4 is 4.74 Å². The van der Waals surface area contributed by atoms with E-state index < -0.39 is 0 Å². The first kappa shape index (κ1) is 20.1. The van der Waals surface area contributed by atoms with Gasteiger partial charge in [-0.05, 0) is 24.1 Å². The van der Waals surface area contributed by atoms with Crippen LogP contribution in [0.1, 0.15) is 18.0 Å². The highest BCUT2D eigenvalue weighted by atomic mass is 16.5. The SMILES string of the molecule is COc1ccc([C@@H]2[C@H](C(=O)N3CCOCC3)C[C@@H]3CN(CCO)CC(=O)N32)cc1. The van der Waals surface area contributed by atoms with E-state index in [9.17, 15) is 14.7 Å². The maximum Gasteiger partial charge on any atom is 0.237 e. The second-order valence-electron chi connectivity index (χ2n) is 7.91. The van der Waals surface area contributed by atoms with Crippen LogP contribution in [0.4, 0.5) is 0 Å². The van der Waals surface area contributed by atoms with Gasteiger partial charge in [-0.15, -0.1) is 0 Å². The van der Waals surface area contributed by atoms with Crippen LogP contribution >= 0.6 is 0 Å². The van der Waals surface area contributed by atoms with Gasteiger partial charge < -0.3 is 24.4 Å². The van der Waals surface area contributed by atoms with Crippen LogP contribution in [0, 0.1) is 5.92 Å². The number of carbonyl (C=O) groups excluding carboxylic acids is 2. The van der Waals surface area contributed by atoms with E-state index in [-0.39, 0.29) is 43.0 Å². The second kappa shape index (κ2) is 8.69. The van der Waals surface area contributed by atoms with Crippen molar-refractivity contribution >= 4 is 11.8 Å². The third kappa shape index (κ3) is 3.97. The van der Waals surface area contributed by atoms with Crippen molar-refractivity contribution in [2.45, 2.75) is 18.5 Å². The summed E-state index contributed by atoms with van der Waals surface area (Å²) in [5, 5.41) is 9.28. The monoisotopic (exact) mass is 403 g/mol. The van der Waals surface area contributed by atoms with Gasteiger partial charge in [0, 0.05) is 32.2 Å². The largest absolute Gasteiger partial charge is 0.497 e. The molecule has 8 nitrogen and oxygen atoms in total. The standard InChI is InChI=1S/C21H29N3O5/c1-28-17-4-2-15(3-5-17)20-18(21(27)23-7-10-29-11-8-23)12-16-13-22(6-9-25)14-19(26)24(16)20/h2-5,16,18,20,25H,6-14H2,1H3/t16-,18-,20-/m1/s1. The van der Waals surface area contributed by atoms with Gasteiger partial charge in [0.2, 0.25) is 11.8 Å². The Morgan fingerprint density at radius 3 is 2.62 bits per heavy atom. The number of aliphatic hydroxyl groups excluding tert-OH is 1. The van der Waals surface area contributed by atoms with Gasteiger partial charge in [0.05, 0.1) is 45.4 Å². The molecule has 0 saturated carbocycles. The molecule has 3 saturated heterocycles. The first-order chi connectivity index (χ1) is 14.1. The number of carbonyl (C=O) groups is 2. The molecule has 1 aromatic carbocycles. The molecule has 2 amide bonds. The summed E-state index contributed by atoms with van der Waals surface area (Å²) >= 11 is 0. The molecule has 4 rings (SSSR count). The van der Waals surface area contributed by atoms with E-state index in [1.807, 2.05) is 39.0 Å². The molecule has 1 aromatic rings. The third-order valence-electron chi connectivity index (χ3n) is 6.23. The molecule has 3 aliphatic rings. The van der Waals surface area contributed by atoms with Crippen LogP contribution in [0.15, 0.2) is 24.3 Å². The van der Waals surface area contributed by atoms with E-state index in [0.29, 0.717) is 45.8 Å². The van der Waals surface area contributed by atoms with Crippen molar-refractivity contribution in [2.24, 2.45) is 5.92 Å². The molecule has 3 heterocycles. The number of rotatable bonds is 5. The molecule has 29 heavy (non-hydrogen) atoms. The van der Waals surface area contributed by atoms with Crippen LogP contribution in [0.25, 0.3) is 0 Å². The Labute approximate surface area is 171 Å². The zero-order valence-electron chi connectivity index (χ0n) is 16.8. The van der Waals surface area contributed by atoms with Crippen molar-refractivity contribution in [1.82, 2.24) is 14.7 Å². The fourth-order valence-electron chi connectivity index (χ4n) is 4.87. The Balaban J connectivity index is 1.64. The van der Waals surface area contributed by atoms with E-state index in [0.717, 1.165) is 11.3 Å². The number of hydrogen-bond donors (Lipinski definition) is 1. The molecular weight excluding hydrogens is 374 g/mol. The molecule has 0 bridgehead atoms. The molecule has 8 heteroatoms. The number of methoxy groups -OCH3 is 1. The lowest BCUT2D eigenvalue weighted by atomic mass is 9.91. The predicted molar refractivity (Wildman–Crippen MR) is 105 cm³/mol. The van der Waals surface area contributed by atoms with E-state index in [1.165, 1.54) is 0 Å². The molecule has 0 radical (unpaired) electrons. The molecule has 158 valence electrons. The first-order valence-electron chi connectivity index (χ1n) is 10.3. The highest BCUT2D eigenvalue weighted by molar-refractivity contribution is 5.85. The van der Waals surface area contributed by atoms with Crippen LogP contribution in [0.3, 0.4) is 0 Å². The van der Waals surface area contributed by atoms with Crippen molar-refractivity contribution < 1.29 is 24.2 Å². The fourth-order valence-corrected chi connectivity index (χ4v) is 4.87. The average molecular weight is 403 g/mol. The number of ether oxygens (including phenoxy) is 2. The van der Waals surface area contributed by atoms with Crippen LogP contribution in [-0.2, 0) is 14.3 Å². The van der Waals surface area contributed by atoms with Crippen LogP contribution in [0.5, 0.6) is 5.75 Å². The van der Waals surface area contributed by atoms with Gasteiger partial charge in [0.25, 0.3) is 0 Å². The molecule has 0 spiro atoms. The zero-order valence-corrected chi connectivity index (χ0v) is 16.8. The average Bonchev–Trinajstić information content (AvgIpc) is 3.14. The minimum atomic E-state index is -0.274. The normalized spacial score (nSPS) is 27.8. The minimum Gasteiger partial charge on any atom is -0.497 e. The lowest BCUT2D eigenvalue weighted by molar-refractivity contribution is -0.143. The molecule has 3 fully saturated rings. The molecule has 0 aromatic heterocycles. The topological polar surface area (TPSA) is 82.5 Å². The molecule has 0 unspecified atom stereocenters. The lowest BCUT2D eigenvalue weighted by Gasteiger charge is -2.40. The Morgan fingerprint density at radius 2 is 1.97 bits per heavy atom. The predicted octanol–water partition coefficient (Wildman–Crippen LogP) is 0.120. The maximum atomic E-state index is 13.4. The molecular formula is C21H29N3O5. The van der Waals surface area contributed by atoms with Crippen LogP contribution in [0.2, 0.25) is 0 Å². The fraction of sp³-hybridized carbons (Fsp3) is 0.619. The van der Waals surface area contributed by atoms with E-state index in [1.54, 1.807) is 7.11 Å². The van der Waals surface area contributed by atoms with Gasteiger partial charge in [-0.2, -0.15) is 0 Å². The van der Waals surface area contributed by atoms with E-state index in [2.05, 4.69) is 0 Å². The van der Waals surface area contributed by atoms with E-state index >= 15 is 0 Å². The summed E-state index contributed by atoms with van der Waals surface area (Å²) in [5.74, 6) is 0.598. The van der Waals surface area contributed by atoms with E-state index in [4.69, 9.17) is 9.47 Å². The summed E-state index contributed by atoms with van der Waals surface area (Å²) in [5.41, 5.74) is 0.962. The first-order valence-corrected chi connectivity index (χ1v) is 10.3. The Kier molecular flexibility index (Phi) is 6.03. The van der Waals surface area contributed by atoms with Gasteiger partial charge in [-0.3, -0.25) is 14.5 Å². The summed E-state index contributed by atoms with van der Waals surface area (Å²) in [6.07, 6.45) is 0.639. The number of amides is 2. The molecule has 0 aliphatic carbocycles. The van der Waals surface area contributed by atoms with Crippen molar-refractivity contribution in [3.63, 3.8) is 0 Å². The minimum absolute atomic E-state index is 0.0211. The number of benzene rings is 1. The Morgan fingerprint density at radius 1 is 1.24 bits per heavy atom. The molecule has 1 N–H and O–H groups in total. The summed E-state index contributed by atoms with van der Waals surface area (Å²) in [7, 11) is 1.62. The van der Waals surface area contributed by atoms with Gasteiger partial charge in [-0.1, -0.05) is 12.1 Å². The highest BCUT2D eigenvalue weighted by Crippen LogP contribution is 2.44. The Hall–Kier alpha value is -2.16. The summed E-state index contributed by atoms with van der Waals surface area (Å²) in [4.78, 5) is 32.2. The number of fused-ring (bicyclic) bond motifs is 1. The van der Waals surface area contributed by atoms with Crippen molar-refractivity contribution in [3.05, 3.63) is 29.8 Å². The number of piperazine rings is 1. The number of β-amino-alcohol motifs (C(OH)–C–C–N with tert-alkyl or cyclic N) is 1. The van der Waals surface area contributed by atoms with Gasteiger partial charge in [0.1, 0.15) is 5.75 Å². The zero-order chi connectivity index (χ0) is 20.4. The number of aliphatic hydroxyl groups is 1. The quantitative estimate of drug-likeness (QED) is 0.752. The number of hydrogen-bond acceptors (Lipinski definition) is 6. The van der Waals surface area contributed by atoms with Gasteiger partial charge >= 0.3 is 0 Å². The second-order valence-corrected chi connectivity index (χ2v) is 7.91.